The number of hydrogen-bond acceptors (Lipinski definition) is 11. The fraction of sp³-hybridized carbons (Fsp3) is 0.545. The minimum Gasteiger partial charge on any atom is -0.426 e. The first-order chi connectivity index (χ1) is 21.6. The average Bonchev–Trinajstić information content (AvgIpc) is 3.59. The molecule has 0 saturated carbocycles. The van der Waals surface area contributed by atoms with Gasteiger partial charge in [-0.25, -0.2) is 15.0 Å². The van der Waals surface area contributed by atoms with E-state index in [9.17, 15) is 9.59 Å². The average molecular weight is 636 g/mol. The lowest BCUT2D eigenvalue weighted by Crippen LogP contribution is -2.38. The molecule has 2 saturated heterocycles. The van der Waals surface area contributed by atoms with Crippen molar-refractivity contribution >= 4 is 28.9 Å². The van der Waals surface area contributed by atoms with Crippen molar-refractivity contribution in [2.24, 2.45) is 0 Å². The van der Waals surface area contributed by atoms with Crippen molar-refractivity contribution in [1.82, 2.24) is 29.7 Å². The fourth-order valence-corrected chi connectivity index (χ4v) is 6.56. The quantitative estimate of drug-likeness (QED) is 0.181. The third-order valence-electron chi connectivity index (χ3n) is 8.26. The lowest BCUT2D eigenvalue weighted by Gasteiger charge is -2.29. The van der Waals surface area contributed by atoms with Crippen molar-refractivity contribution in [3.05, 3.63) is 53.6 Å². The molecular weight excluding hydrogens is 590 g/mol. The number of carbonyl (C=O) groups is 2. The van der Waals surface area contributed by atoms with Gasteiger partial charge in [-0.3, -0.25) is 14.2 Å². The van der Waals surface area contributed by atoms with Gasteiger partial charge in [0.25, 0.3) is 0 Å². The molecule has 13 nitrogen and oxygen atoms in total. The molecule has 3 aromatic rings. The summed E-state index contributed by atoms with van der Waals surface area (Å²) in [4.78, 5) is 39.6. The highest BCUT2D eigenvalue weighted by molar-refractivity contribution is 5.81. The highest BCUT2D eigenvalue weighted by Crippen LogP contribution is 2.44. The molecule has 4 atom stereocenters. The molecule has 0 radical (unpaired) electrons. The number of nitrogen functional groups attached to an aromatic ring is 1. The minimum atomic E-state index is -0.759. The Morgan fingerprint density at radius 3 is 2.63 bits per heavy atom. The van der Waals surface area contributed by atoms with Crippen molar-refractivity contribution < 1.29 is 28.5 Å². The lowest BCUT2D eigenvalue weighted by molar-refractivity contribution is -0.197. The van der Waals surface area contributed by atoms with Gasteiger partial charge in [0.15, 0.2) is 23.5 Å². The van der Waals surface area contributed by atoms with Crippen LogP contribution in [-0.4, -0.2) is 87.1 Å². The topological polar surface area (TPSA) is 156 Å². The number of anilines is 1. The molecule has 2 aliphatic heterocycles. The zero-order chi connectivity index (χ0) is 33.4. The summed E-state index contributed by atoms with van der Waals surface area (Å²) in [6.45, 7) is 14.7. The number of hydrogen-bond donors (Lipinski definition) is 2. The van der Waals surface area contributed by atoms with E-state index in [-0.39, 0.29) is 36.6 Å². The summed E-state index contributed by atoms with van der Waals surface area (Å²) < 4.78 is 26.4. The number of esters is 1. The lowest BCUT2D eigenvalue weighted by atomic mass is 9.78. The summed E-state index contributed by atoms with van der Waals surface area (Å²) in [5.41, 5.74) is 9.38. The zero-order valence-corrected chi connectivity index (χ0v) is 27.9. The van der Waals surface area contributed by atoms with Gasteiger partial charge >= 0.3 is 5.97 Å². The van der Waals surface area contributed by atoms with Gasteiger partial charge in [0.2, 0.25) is 5.91 Å². The Balaban J connectivity index is 1.15. The first kappa shape index (κ1) is 33.5. The van der Waals surface area contributed by atoms with E-state index in [0.717, 1.165) is 16.7 Å². The van der Waals surface area contributed by atoms with Gasteiger partial charge in [-0.15, -0.1) is 0 Å². The molecule has 0 aliphatic carbocycles. The van der Waals surface area contributed by atoms with Crippen LogP contribution in [0.15, 0.2) is 36.9 Å². The molecule has 3 N–H and O–H groups in total. The molecule has 2 aliphatic rings. The molecule has 4 heterocycles. The van der Waals surface area contributed by atoms with Crippen molar-refractivity contribution in [3.63, 3.8) is 0 Å². The zero-order valence-electron chi connectivity index (χ0n) is 27.9. The largest absolute Gasteiger partial charge is 0.426 e. The summed E-state index contributed by atoms with van der Waals surface area (Å²) in [6.07, 6.45) is 5.84. The number of carbonyl (C=O) groups excluding carboxylic acids is 2. The molecular formula is C33H45N7O6. The number of aryl methyl sites for hydroxylation is 2. The third-order valence-corrected chi connectivity index (χ3v) is 8.26. The molecule has 248 valence electrons. The molecule has 46 heavy (non-hydrogen) atoms. The smallest absolute Gasteiger partial charge is 0.308 e. The van der Waals surface area contributed by atoms with Crippen LogP contribution in [0.3, 0.4) is 0 Å². The molecule has 1 aromatic carbocycles. The summed E-state index contributed by atoms with van der Waals surface area (Å²) in [5.74, 6) is -0.426. The maximum Gasteiger partial charge on any atom is 0.308 e. The third kappa shape index (κ3) is 7.22. The van der Waals surface area contributed by atoms with Gasteiger partial charge in [0, 0.05) is 44.0 Å². The van der Waals surface area contributed by atoms with E-state index in [1.165, 1.54) is 13.3 Å². The summed E-state index contributed by atoms with van der Waals surface area (Å²) in [5, 5.41) is 2.98. The number of aromatic nitrogens is 4. The van der Waals surface area contributed by atoms with E-state index >= 15 is 0 Å². The number of fused-ring (bicyclic) bond motifs is 2. The van der Waals surface area contributed by atoms with Gasteiger partial charge < -0.3 is 34.9 Å². The van der Waals surface area contributed by atoms with Gasteiger partial charge in [-0.1, -0.05) is 32.1 Å². The number of likely N-dealkylation sites (N-methyl/N-ethyl adjacent to an activating group) is 1. The number of amides is 1. The molecule has 0 unspecified atom stereocenters. The second-order valence-electron chi connectivity index (χ2n) is 13.3. The Morgan fingerprint density at radius 1 is 1.15 bits per heavy atom. The number of nitrogens with two attached hydrogens (primary N) is 1. The summed E-state index contributed by atoms with van der Waals surface area (Å²) in [7, 11) is 2.00. The van der Waals surface area contributed by atoms with Gasteiger partial charge in [-0.2, -0.15) is 0 Å². The Morgan fingerprint density at radius 2 is 1.89 bits per heavy atom. The number of rotatable bonds is 11. The molecule has 0 bridgehead atoms. The van der Waals surface area contributed by atoms with Crippen molar-refractivity contribution in [2.45, 2.75) is 90.6 Å². The van der Waals surface area contributed by atoms with Crippen molar-refractivity contribution in [1.29, 1.82) is 0 Å². The standard InChI is InChI=1S/C33H45N7O6/c1-19-13-20(2)25(22(14-19)43-21(3)41)32(4,5)15-24(42)35-11-9-10-12-39(8)16-23-27-28(46-33(6,7)45-27)31(44-23)40-18-38-26-29(34)36-17-37-30(26)40/h9-10,13-14,17-18,23,27-28,31H,11-12,15-16H2,1-8H3,(H,35,42)(H2,34,36,37)/b10-9-/t23-,27-,28-,31-/m1/s1. The van der Waals surface area contributed by atoms with E-state index in [2.05, 4.69) is 25.2 Å². The predicted octanol–water partition coefficient (Wildman–Crippen LogP) is 3.34. The highest BCUT2D eigenvalue weighted by atomic mass is 16.8. The first-order valence-electron chi connectivity index (χ1n) is 15.5. The first-order valence-corrected chi connectivity index (χ1v) is 15.5. The van der Waals surface area contributed by atoms with Gasteiger partial charge in [-0.05, 0) is 51.9 Å². The van der Waals surface area contributed by atoms with Crippen LogP contribution >= 0.6 is 0 Å². The van der Waals surface area contributed by atoms with Crippen LogP contribution < -0.4 is 15.8 Å². The molecule has 5 rings (SSSR count). The van der Waals surface area contributed by atoms with E-state index in [4.69, 9.17) is 24.7 Å². The predicted molar refractivity (Wildman–Crippen MR) is 172 cm³/mol. The van der Waals surface area contributed by atoms with E-state index in [0.29, 0.717) is 42.4 Å². The number of ether oxygens (including phenoxy) is 4. The van der Waals surface area contributed by atoms with Crippen molar-refractivity contribution in [2.75, 3.05) is 32.4 Å². The van der Waals surface area contributed by atoms with Crippen LogP contribution in [0.25, 0.3) is 11.2 Å². The Labute approximate surface area is 269 Å². The van der Waals surface area contributed by atoms with E-state index in [1.807, 2.05) is 77.4 Å². The highest BCUT2D eigenvalue weighted by Gasteiger charge is 2.56. The normalized spacial score (nSPS) is 22.5. The van der Waals surface area contributed by atoms with Crippen molar-refractivity contribution in [3.8, 4) is 5.75 Å². The molecule has 2 aromatic heterocycles. The Kier molecular flexibility index (Phi) is 9.50. The monoisotopic (exact) mass is 635 g/mol. The minimum absolute atomic E-state index is 0.0896. The van der Waals surface area contributed by atoms with Gasteiger partial charge in [0.05, 0.1) is 6.33 Å². The van der Waals surface area contributed by atoms with Crippen LogP contribution in [0.5, 0.6) is 5.75 Å². The summed E-state index contributed by atoms with van der Waals surface area (Å²) in [6, 6.07) is 3.88. The van der Waals surface area contributed by atoms with Crippen LogP contribution in [0, 0.1) is 13.8 Å². The van der Waals surface area contributed by atoms with Crippen LogP contribution in [-0.2, 0) is 29.2 Å². The maximum atomic E-state index is 12.9. The van der Waals surface area contributed by atoms with Crippen LogP contribution in [0.4, 0.5) is 5.82 Å². The summed E-state index contributed by atoms with van der Waals surface area (Å²) >= 11 is 0. The fourth-order valence-electron chi connectivity index (χ4n) is 6.56. The molecule has 13 heteroatoms. The van der Waals surface area contributed by atoms with Gasteiger partial charge in [0.1, 0.15) is 35.9 Å². The molecule has 0 spiro atoms. The molecule has 2 fully saturated rings. The Hall–Kier alpha value is -3.91. The number of nitrogens with one attached hydrogen (secondary N) is 1. The SMILES string of the molecule is CC(=O)Oc1cc(C)cc(C)c1C(C)(C)CC(=O)NC/C=C\CN(C)C[C@H]1O[C@@H](n2cnc3c(N)ncnc32)[C@@H]2OC(C)(C)O[C@@H]21. The number of benzene rings is 1. The van der Waals surface area contributed by atoms with Crippen LogP contribution in [0.1, 0.15) is 64.0 Å². The van der Waals surface area contributed by atoms with E-state index in [1.54, 1.807) is 6.33 Å². The Bertz CT molecular complexity index is 1630. The second kappa shape index (κ2) is 13.1. The van der Waals surface area contributed by atoms with E-state index < -0.39 is 17.4 Å². The number of nitrogens with zero attached hydrogens (tertiary/aromatic N) is 5. The van der Waals surface area contributed by atoms with Crippen LogP contribution in [0.2, 0.25) is 0 Å². The number of imidazole rings is 1. The molecule has 1 amide bonds. The second-order valence-corrected chi connectivity index (χ2v) is 13.3. The maximum absolute atomic E-state index is 12.9.